The predicted octanol–water partition coefficient (Wildman–Crippen LogP) is 6.76. The van der Waals surface area contributed by atoms with Gasteiger partial charge in [0, 0.05) is 0 Å². The van der Waals surface area contributed by atoms with Crippen molar-refractivity contribution in [3.63, 3.8) is 0 Å². The molecule has 3 heteroatoms. The lowest BCUT2D eigenvalue weighted by Crippen LogP contribution is -2.55. The minimum absolute atomic E-state index is 0.0290. The van der Waals surface area contributed by atoms with Crippen LogP contribution in [0.1, 0.15) is 77.3 Å². The first-order chi connectivity index (χ1) is 12.3. The maximum absolute atomic E-state index is 6.80. The number of benzene rings is 1. The molecule has 1 aromatic carbocycles. The van der Waals surface area contributed by atoms with Crippen molar-refractivity contribution in [2.24, 2.45) is 22.7 Å². The lowest BCUT2D eigenvalue weighted by atomic mass is 9.45. The Bertz CT molecular complexity index is 809. The molecule has 1 aromatic heterocycles. The van der Waals surface area contributed by atoms with Crippen LogP contribution >= 0.6 is 11.3 Å². The molecular weight excluding hydrogens is 338 g/mol. The van der Waals surface area contributed by atoms with Crippen molar-refractivity contribution in [1.29, 1.82) is 0 Å². The van der Waals surface area contributed by atoms with Crippen LogP contribution in [0.2, 0.25) is 0 Å². The number of nitrogens with zero attached hydrogens (tertiary/aromatic N) is 1. The smallest absolute Gasteiger partial charge is 0.123 e. The van der Waals surface area contributed by atoms with Crippen LogP contribution in [-0.2, 0) is 4.74 Å². The van der Waals surface area contributed by atoms with E-state index < -0.39 is 0 Å². The summed E-state index contributed by atoms with van der Waals surface area (Å²) < 4.78 is 8.08. The molecule has 2 nitrogen and oxygen atoms in total. The Kier molecular flexibility index (Phi) is 3.66. The van der Waals surface area contributed by atoms with Crippen molar-refractivity contribution < 1.29 is 4.74 Å². The fourth-order valence-corrected chi connectivity index (χ4v) is 8.04. The Labute approximate surface area is 161 Å². The van der Waals surface area contributed by atoms with E-state index in [9.17, 15) is 0 Å². The van der Waals surface area contributed by atoms with Gasteiger partial charge in [-0.3, -0.25) is 0 Å². The molecule has 2 heterocycles. The van der Waals surface area contributed by atoms with E-state index in [2.05, 4.69) is 52.0 Å². The Hall–Kier alpha value is -0.930. The lowest BCUT2D eigenvalue weighted by Gasteiger charge is -2.60. The quantitative estimate of drug-likeness (QED) is 0.554. The standard InChI is InChI=1S/C23H31NOS/c1-21(2)11-7-12-22(3)18(21)10-13-23(4)19(22)14-16(25-23)20-24-15-8-5-6-9-17(15)26-20/h5-6,8-9,16,18-19H,7,10-14H2,1-4H3. The number of ether oxygens (including phenoxy) is 1. The highest BCUT2D eigenvalue weighted by atomic mass is 32.1. The van der Waals surface area contributed by atoms with Crippen molar-refractivity contribution in [2.45, 2.75) is 77.9 Å². The molecule has 0 spiro atoms. The van der Waals surface area contributed by atoms with Crippen LogP contribution in [0.4, 0.5) is 0 Å². The van der Waals surface area contributed by atoms with Gasteiger partial charge in [-0.15, -0.1) is 11.3 Å². The molecule has 1 aliphatic heterocycles. The molecular formula is C23H31NOS. The van der Waals surface area contributed by atoms with E-state index in [1.807, 2.05) is 11.3 Å². The van der Waals surface area contributed by atoms with Crippen LogP contribution in [0.25, 0.3) is 10.2 Å². The van der Waals surface area contributed by atoms with E-state index in [4.69, 9.17) is 9.72 Å². The Balaban J connectivity index is 1.50. The van der Waals surface area contributed by atoms with Crippen molar-refractivity contribution in [1.82, 2.24) is 4.98 Å². The zero-order valence-electron chi connectivity index (χ0n) is 16.5. The first kappa shape index (κ1) is 17.2. The van der Waals surface area contributed by atoms with Gasteiger partial charge in [-0.05, 0) is 73.8 Å². The van der Waals surface area contributed by atoms with Gasteiger partial charge < -0.3 is 4.74 Å². The summed E-state index contributed by atoms with van der Waals surface area (Å²) in [6.07, 6.45) is 8.00. The summed E-state index contributed by atoms with van der Waals surface area (Å²) in [5, 5.41) is 1.19. The number of hydrogen-bond donors (Lipinski definition) is 0. The summed E-state index contributed by atoms with van der Waals surface area (Å²) in [6.45, 7) is 10.0. The van der Waals surface area contributed by atoms with Crippen LogP contribution in [0.15, 0.2) is 24.3 Å². The Morgan fingerprint density at radius 1 is 1.04 bits per heavy atom. The number of rotatable bonds is 1. The number of hydrogen-bond acceptors (Lipinski definition) is 3. The number of aromatic nitrogens is 1. The lowest BCUT2D eigenvalue weighted by molar-refractivity contribution is -0.155. The van der Waals surface area contributed by atoms with E-state index in [0.29, 0.717) is 16.7 Å². The third-order valence-electron chi connectivity index (χ3n) is 8.19. The Morgan fingerprint density at radius 2 is 1.85 bits per heavy atom. The number of thiazole rings is 1. The van der Waals surface area contributed by atoms with Gasteiger partial charge in [0.15, 0.2) is 0 Å². The first-order valence-corrected chi connectivity index (χ1v) is 11.2. The molecule has 5 unspecified atom stereocenters. The van der Waals surface area contributed by atoms with Gasteiger partial charge in [0.1, 0.15) is 11.1 Å². The van der Waals surface area contributed by atoms with Crippen molar-refractivity contribution in [3.8, 4) is 0 Å². The zero-order chi connectivity index (χ0) is 18.2. The molecule has 3 aliphatic rings. The topological polar surface area (TPSA) is 22.1 Å². The van der Waals surface area contributed by atoms with Gasteiger partial charge in [-0.25, -0.2) is 4.98 Å². The summed E-state index contributed by atoms with van der Waals surface area (Å²) in [6, 6.07) is 8.50. The van der Waals surface area contributed by atoms with Gasteiger partial charge in [0.05, 0.1) is 15.8 Å². The van der Waals surface area contributed by atoms with Gasteiger partial charge in [-0.1, -0.05) is 39.3 Å². The molecule has 0 radical (unpaired) electrons. The fourth-order valence-electron chi connectivity index (χ4n) is 7.03. The minimum Gasteiger partial charge on any atom is -0.365 e. The van der Waals surface area contributed by atoms with Crippen LogP contribution in [0, 0.1) is 22.7 Å². The second kappa shape index (κ2) is 5.54. The summed E-state index contributed by atoms with van der Waals surface area (Å²) in [4.78, 5) is 4.93. The molecule has 0 bridgehead atoms. The second-order valence-corrected chi connectivity index (χ2v) is 11.2. The van der Waals surface area contributed by atoms with E-state index in [1.54, 1.807) is 0 Å². The minimum atomic E-state index is 0.0290. The average molecular weight is 370 g/mol. The summed E-state index contributed by atoms with van der Waals surface area (Å²) in [7, 11) is 0. The molecule has 2 aliphatic carbocycles. The third-order valence-corrected chi connectivity index (χ3v) is 9.31. The van der Waals surface area contributed by atoms with E-state index in [0.717, 1.165) is 17.9 Å². The number of para-hydroxylation sites is 1. The second-order valence-electron chi connectivity index (χ2n) is 10.2. The van der Waals surface area contributed by atoms with Gasteiger partial charge in [0.25, 0.3) is 0 Å². The highest BCUT2D eigenvalue weighted by Gasteiger charge is 2.62. The van der Waals surface area contributed by atoms with Gasteiger partial charge in [0.2, 0.25) is 0 Å². The zero-order valence-corrected chi connectivity index (χ0v) is 17.4. The van der Waals surface area contributed by atoms with Crippen LogP contribution in [0.5, 0.6) is 0 Å². The summed E-state index contributed by atoms with van der Waals surface area (Å²) >= 11 is 1.83. The van der Waals surface area contributed by atoms with Crippen molar-refractivity contribution in [3.05, 3.63) is 29.3 Å². The maximum atomic E-state index is 6.80. The molecule has 0 N–H and O–H groups in total. The SMILES string of the molecule is CC1(C)CCCC2(C)C1CCC1(C)OC(c3nc4ccccc4s3)CC12. The fraction of sp³-hybridized carbons (Fsp3) is 0.696. The van der Waals surface area contributed by atoms with Crippen LogP contribution in [-0.4, -0.2) is 10.6 Å². The summed E-state index contributed by atoms with van der Waals surface area (Å²) in [5.41, 5.74) is 2.04. The molecule has 26 heavy (non-hydrogen) atoms. The van der Waals surface area contributed by atoms with E-state index in [1.165, 1.54) is 41.8 Å². The third kappa shape index (κ3) is 2.36. The normalized spacial score (nSPS) is 41.8. The first-order valence-electron chi connectivity index (χ1n) is 10.4. The number of fused-ring (bicyclic) bond motifs is 4. The summed E-state index contributed by atoms with van der Waals surface area (Å²) in [5.74, 6) is 1.49. The maximum Gasteiger partial charge on any atom is 0.123 e. The predicted molar refractivity (Wildman–Crippen MR) is 108 cm³/mol. The van der Waals surface area contributed by atoms with Crippen molar-refractivity contribution >= 4 is 21.6 Å². The molecule has 0 amide bonds. The molecule has 2 saturated carbocycles. The van der Waals surface area contributed by atoms with Gasteiger partial charge >= 0.3 is 0 Å². The van der Waals surface area contributed by atoms with Crippen LogP contribution in [0.3, 0.4) is 0 Å². The van der Waals surface area contributed by atoms with E-state index >= 15 is 0 Å². The molecule has 3 fully saturated rings. The molecule has 140 valence electrons. The average Bonchev–Trinajstić information content (AvgIpc) is 3.15. The molecule has 5 rings (SSSR count). The van der Waals surface area contributed by atoms with E-state index in [-0.39, 0.29) is 11.7 Å². The van der Waals surface area contributed by atoms with Crippen molar-refractivity contribution in [2.75, 3.05) is 0 Å². The highest BCUT2D eigenvalue weighted by molar-refractivity contribution is 7.18. The largest absolute Gasteiger partial charge is 0.365 e. The van der Waals surface area contributed by atoms with Crippen LogP contribution < -0.4 is 0 Å². The molecule has 1 saturated heterocycles. The Morgan fingerprint density at radius 3 is 2.65 bits per heavy atom. The molecule has 2 aromatic rings. The highest BCUT2D eigenvalue weighted by Crippen LogP contribution is 2.67. The van der Waals surface area contributed by atoms with Gasteiger partial charge in [-0.2, -0.15) is 0 Å². The molecule has 5 atom stereocenters. The monoisotopic (exact) mass is 369 g/mol.